The molecule has 196 valence electrons. The van der Waals surface area contributed by atoms with E-state index >= 15 is 0 Å². The number of aryl methyl sites for hydroxylation is 2. The molecule has 0 aromatic heterocycles. The number of aliphatic hydroxyl groups excluding tert-OH is 1. The van der Waals surface area contributed by atoms with Crippen LogP contribution in [0.5, 0.6) is 5.75 Å². The molecule has 0 bridgehead atoms. The van der Waals surface area contributed by atoms with Crippen molar-refractivity contribution < 1.29 is 19.4 Å². The number of hydrogen-bond donors (Lipinski definition) is 1. The number of carbonyl (C=O) groups is 2. The van der Waals surface area contributed by atoms with Gasteiger partial charge in [0.1, 0.15) is 11.5 Å². The molecular formula is C32H34N2O4. The number of aliphatic hydroxyl groups is 1. The molecule has 0 saturated carbocycles. The van der Waals surface area contributed by atoms with Crippen LogP contribution in [0.15, 0.2) is 72.3 Å². The number of ketones is 1. The Morgan fingerprint density at radius 1 is 0.921 bits per heavy atom. The number of amides is 1. The van der Waals surface area contributed by atoms with E-state index in [2.05, 4.69) is 0 Å². The summed E-state index contributed by atoms with van der Waals surface area (Å²) >= 11 is 0. The number of Topliss-reactive ketones (excluding diaryl/α,β-unsaturated/α-hetero) is 1. The molecule has 3 aromatic carbocycles. The SMILES string of the molecule is CC(C)Oc1ccc(C2/C(=C(/O)c3ccc4c(c3)CCCC4)C(=O)C(=O)N2c2ccc(N(C)C)cc2)cc1. The standard InChI is InChI=1S/C32H34N2O4/c1-20(2)38-27-17-11-22(12-18-27)29-28(30(35)24-10-9-21-7-5-6-8-23(21)19-24)31(36)32(37)34(29)26-15-13-25(14-16-26)33(3)4/h9-20,29,35H,5-8H2,1-4H3/b30-28-. The smallest absolute Gasteiger partial charge is 0.300 e. The fourth-order valence-corrected chi connectivity index (χ4v) is 5.36. The summed E-state index contributed by atoms with van der Waals surface area (Å²) in [5.41, 5.74) is 5.43. The molecule has 1 saturated heterocycles. The van der Waals surface area contributed by atoms with Gasteiger partial charge in [-0.05, 0) is 98.7 Å². The van der Waals surface area contributed by atoms with Crippen LogP contribution in [0.25, 0.3) is 5.76 Å². The number of hydrogen-bond acceptors (Lipinski definition) is 5. The van der Waals surface area contributed by atoms with E-state index in [1.54, 1.807) is 0 Å². The Bertz CT molecular complexity index is 1390. The summed E-state index contributed by atoms with van der Waals surface area (Å²) in [5.74, 6) is -0.790. The Kier molecular flexibility index (Phi) is 6.98. The Balaban J connectivity index is 1.64. The first-order valence-electron chi connectivity index (χ1n) is 13.2. The van der Waals surface area contributed by atoms with Crippen molar-refractivity contribution in [1.82, 2.24) is 0 Å². The number of carbonyl (C=O) groups excluding carboxylic acids is 2. The van der Waals surface area contributed by atoms with E-state index < -0.39 is 17.7 Å². The van der Waals surface area contributed by atoms with Crippen molar-refractivity contribution in [2.45, 2.75) is 51.7 Å². The van der Waals surface area contributed by atoms with E-state index in [1.165, 1.54) is 16.0 Å². The number of fused-ring (bicyclic) bond motifs is 1. The maximum absolute atomic E-state index is 13.5. The van der Waals surface area contributed by atoms with Crippen molar-refractivity contribution in [1.29, 1.82) is 0 Å². The largest absolute Gasteiger partial charge is 0.507 e. The highest BCUT2D eigenvalue weighted by Gasteiger charge is 2.47. The second-order valence-electron chi connectivity index (χ2n) is 10.5. The number of benzene rings is 3. The maximum Gasteiger partial charge on any atom is 0.300 e. The summed E-state index contributed by atoms with van der Waals surface area (Å²) < 4.78 is 5.80. The van der Waals surface area contributed by atoms with Gasteiger partial charge in [-0.15, -0.1) is 0 Å². The minimum Gasteiger partial charge on any atom is -0.507 e. The van der Waals surface area contributed by atoms with Crippen molar-refractivity contribution in [2.24, 2.45) is 0 Å². The third-order valence-corrected chi connectivity index (χ3v) is 7.28. The molecule has 1 amide bonds. The van der Waals surface area contributed by atoms with Gasteiger partial charge in [0.25, 0.3) is 11.7 Å². The minimum atomic E-state index is -0.774. The van der Waals surface area contributed by atoms with Gasteiger partial charge in [0.15, 0.2) is 0 Å². The third kappa shape index (κ3) is 4.78. The van der Waals surface area contributed by atoms with Crippen LogP contribution < -0.4 is 14.5 Å². The van der Waals surface area contributed by atoms with Gasteiger partial charge >= 0.3 is 0 Å². The molecule has 38 heavy (non-hydrogen) atoms. The predicted molar refractivity (Wildman–Crippen MR) is 151 cm³/mol. The highest BCUT2D eigenvalue weighted by Crippen LogP contribution is 2.43. The van der Waals surface area contributed by atoms with Gasteiger partial charge in [0, 0.05) is 31.0 Å². The fraction of sp³-hybridized carbons (Fsp3) is 0.312. The topological polar surface area (TPSA) is 70.1 Å². The molecule has 1 fully saturated rings. The monoisotopic (exact) mass is 510 g/mol. The van der Waals surface area contributed by atoms with Crippen LogP contribution in [0.3, 0.4) is 0 Å². The zero-order chi connectivity index (χ0) is 27.0. The van der Waals surface area contributed by atoms with Crippen LogP contribution in [-0.4, -0.2) is 37.0 Å². The lowest BCUT2D eigenvalue weighted by molar-refractivity contribution is -0.132. The average molecular weight is 511 g/mol. The highest BCUT2D eigenvalue weighted by atomic mass is 16.5. The molecule has 5 rings (SSSR count). The van der Waals surface area contributed by atoms with E-state index in [0.29, 0.717) is 17.0 Å². The van der Waals surface area contributed by atoms with Gasteiger partial charge in [0.2, 0.25) is 0 Å². The molecule has 1 aliphatic heterocycles. The van der Waals surface area contributed by atoms with E-state index in [4.69, 9.17) is 4.74 Å². The van der Waals surface area contributed by atoms with E-state index in [1.807, 2.05) is 99.6 Å². The normalized spacial score (nSPS) is 18.6. The second kappa shape index (κ2) is 10.4. The van der Waals surface area contributed by atoms with Gasteiger partial charge in [-0.2, -0.15) is 0 Å². The molecular weight excluding hydrogens is 476 g/mol. The first-order valence-corrected chi connectivity index (χ1v) is 13.2. The van der Waals surface area contributed by atoms with Crippen LogP contribution in [0.2, 0.25) is 0 Å². The third-order valence-electron chi connectivity index (χ3n) is 7.28. The van der Waals surface area contributed by atoms with Crippen molar-refractivity contribution in [2.75, 3.05) is 23.9 Å². The molecule has 1 atom stereocenters. The van der Waals surface area contributed by atoms with Gasteiger partial charge in [-0.1, -0.05) is 24.3 Å². The van der Waals surface area contributed by atoms with Gasteiger partial charge in [0.05, 0.1) is 17.7 Å². The van der Waals surface area contributed by atoms with Crippen molar-refractivity contribution in [3.05, 3.63) is 94.6 Å². The zero-order valence-electron chi connectivity index (χ0n) is 22.4. The van der Waals surface area contributed by atoms with Crippen LogP contribution in [0, 0.1) is 0 Å². The lowest BCUT2D eigenvalue weighted by Gasteiger charge is -2.26. The van der Waals surface area contributed by atoms with E-state index in [9.17, 15) is 14.7 Å². The van der Waals surface area contributed by atoms with E-state index in [-0.39, 0.29) is 17.4 Å². The summed E-state index contributed by atoms with van der Waals surface area (Å²) in [6.45, 7) is 3.91. The summed E-state index contributed by atoms with van der Waals surface area (Å²) in [5, 5.41) is 11.5. The number of ether oxygens (including phenoxy) is 1. The Hall–Kier alpha value is -4.06. The lowest BCUT2D eigenvalue weighted by atomic mass is 9.88. The minimum absolute atomic E-state index is 0.0192. The molecule has 1 aliphatic carbocycles. The Labute approximate surface area is 224 Å². The van der Waals surface area contributed by atoms with Crippen molar-refractivity contribution >= 4 is 28.8 Å². The fourth-order valence-electron chi connectivity index (χ4n) is 5.36. The van der Waals surface area contributed by atoms with Crippen molar-refractivity contribution in [3.8, 4) is 5.75 Å². The van der Waals surface area contributed by atoms with Gasteiger partial charge in [-0.25, -0.2) is 0 Å². The molecule has 6 heteroatoms. The average Bonchev–Trinajstić information content (AvgIpc) is 3.18. The number of rotatable bonds is 6. The lowest BCUT2D eigenvalue weighted by Crippen LogP contribution is -2.29. The molecule has 0 radical (unpaired) electrons. The Morgan fingerprint density at radius 3 is 2.21 bits per heavy atom. The first-order chi connectivity index (χ1) is 18.2. The number of anilines is 2. The van der Waals surface area contributed by atoms with Crippen LogP contribution in [0.1, 0.15) is 55.0 Å². The maximum atomic E-state index is 13.5. The molecule has 0 spiro atoms. The highest BCUT2D eigenvalue weighted by molar-refractivity contribution is 6.51. The summed E-state index contributed by atoms with van der Waals surface area (Å²) in [6.07, 6.45) is 4.26. The van der Waals surface area contributed by atoms with Gasteiger partial charge in [-0.3, -0.25) is 14.5 Å². The van der Waals surface area contributed by atoms with Crippen LogP contribution in [-0.2, 0) is 22.4 Å². The summed E-state index contributed by atoms with van der Waals surface area (Å²) in [7, 11) is 3.89. The number of nitrogens with zero attached hydrogens (tertiary/aromatic N) is 2. The Morgan fingerprint density at radius 2 is 1.58 bits per heavy atom. The van der Waals surface area contributed by atoms with Crippen LogP contribution in [0.4, 0.5) is 11.4 Å². The van der Waals surface area contributed by atoms with E-state index in [0.717, 1.165) is 36.9 Å². The summed E-state index contributed by atoms with van der Waals surface area (Å²) in [6, 6.07) is 20.0. The predicted octanol–water partition coefficient (Wildman–Crippen LogP) is 6.04. The molecule has 1 heterocycles. The second-order valence-corrected chi connectivity index (χ2v) is 10.5. The molecule has 1 N–H and O–H groups in total. The van der Waals surface area contributed by atoms with Crippen molar-refractivity contribution in [3.63, 3.8) is 0 Å². The molecule has 6 nitrogen and oxygen atoms in total. The first kappa shape index (κ1) is 25.6. The summed E-state index contributed by atoms with van der Waals surface area (Å²) in [4.78, 5) is 30.5. The molecule has 1 unspecified atom stereocenters. The van der Waals surface area contributed by atoms with Gasteiger partial charge < -0.3 is 14.7 Å². The van der Waals surface area contributed by atoms with Crippen LogP contribution >= 0.6 is 0 Å². The quantitative estimate of drug-likeness (QED) is 0.249. The molecule has 3 aromatic rings. The molecule has 2 aliphatic rings. The zero-order valence-corrected chi connectivity index (χ0v) is 22.4.